The Balaban J connectivity index is 2.29. The van der Waals surface area contributed by atoms with E-state index in [0.29, 0.717) is 18.5 Å². The number of aryl methyl sites for hydroxylation is 1. The van der Waals surface area contributed by atoms with E-state index in [2.05, 4.69) is 5.32 Å². The lowest BCUT2D eigenvalue weighted by atomic mass is 10.1. The van der Waals surface area contributed by atoms with E-state index in [-0.39, 0.29) is 17.3 Å². The molecule has 0 aliphatic heterocycles. The molecule has 0 saturated heterocycles. The molecular weight excluding hydrogens is 445 g/mol. The van der Waals surface area contributed by atoms with Crippen LogP contribution in [0.25, 0.3) is 0 Å². The van der Waals surface area contributed by atoms with E-state index in [4.69, 9.17) is 0 Å². The number of halogens is 1. The van der Waals surface area contributed by atoms with Crippen molar-refractivity contribution >= 4 is 21.8 Å². The van der Waals surface area contributed by atoms with Gasteiger partial charge in [0.1, 0.15) is 11.9 Å². The highest BCUT2D eigenvalue weighted by Gasteiger charge is 2.31. The lowest BCUT2D eigenvalue weighted by molar-refractivity contribution is -0.141. The number of hydrogen-bond acceptors (Lipinski definition) is 4. The molecule has 0 aliphatic carbocycles. The number of amides is 2. The smallest absolute Gasteiger partial charge is 0.243 e. The third-order valence-electron chi connectivity index (χ3n) is 5.29. The molecule has 180 valence electrons. The van der Waals surface area contributed by atoms with Gasteiger partial charge in [0.25, 0.3) is 0 Å². The first-order chi connectivity index (χ1) is 15.6. The highest BCUT2D eigenvalue weighted by Crippen LogP contribution is 2.17. The van der Waals surface area contributed by atoms with Crippen molar-refractivity contribution in [2.45, 2.75) is 51.1 Å². The Hall–Kier alpha value is -2.78. The summed E-state index contributed by atoms with van der Waals surface area (Å²) < 4.78 is 40.2. The maximum atomic E-state index is 13.3. The Kier molecular flexibility index (Phi) is 9.55. The van der Waals surface area contributed by atoms with E-state index >= 15 is 0 Å². The van der Waals surface area contributed by atoms with Crippen LogP contribution in [-0.4, -0.2) is 55.6 Å². The van der Waals surface area contributed by atoms with Crippen LogP contribution < -0.4 is 5.32 Å². The van der Waals surface area contributed by atoms with Crippen molar-refractivity contribution in [2.24, 2.45) is 0 Å². The van der Waals surface area contributed by atoms with E-state index in [1.54, 1.807) is 31.2 Å². The van der Waals surface area contributed by atoms with E-state index in [1.807, 2.05) is 13.8 Å². The van der Waals surface area contributed by atoms with Gasteiger partial charge >= 0.3 is 0 Å². The monoisotopic (exact) mass is 477 g/mol. The number of sulfonamides is 1. The maximum absolute atomic E-state index is 13.3. The molecule has 0 spiro atoms. The van der Waals surface area contributed by atoms with Crippen molar-refractivity contribution in [1.82, 2.24) is 14.5 Å². The van der Waals surface area contributed by atoms with Gasteiger partial charge in [0.15, 0.2) is 0 Å². The van der Waals surface area contributed by atoms with E-state index in [1.165, 1.54) is 36.2 Å². The van der Waals surface area contributed by atoms with Gasteiger partial charge in [0.05, 0.1) is 11.4 Å². The number of nitrogens with one attached hydrogen (secondary N) is 1. The number of carbonyl (C=O) groups excluding carboxylic acids is 2. The molecule has 0 aromatic heterocycles. The highest BCUT2D eigenvalue weighted by molar-refractivity contribution is 7.89. The molecule has 2 rings (SSSR count). The Labute approximate surface area is 195 Å². The molecule has 0 fully saturated rings. The number of carbonyl (C=O) groups is 2. The second kappa shape index (κ2) is 11.9. The Morgan fingerprint density at radius 2 is 1.64 bits per heavy atom. The highest BCUT2D eigenvalue weighted by atomic mass is 32.2. The van der Waals surface area contributed by atoms with Crippen molar-refractivity contribution in [1.29, 1.82) is 0 Å². The number of hydrogen-bond donors (Lipinski definition) is 1. The summed E-state index contributed by atoms with van der Waals surface area (Å²) in [6.45, 7) is 5.65. The van der Waals surface area contributed by atoms with Gasteiger partial charge < -0.3 is 10.2 Å². The van der Waals surface area contributed by atoms with Crippen LogP contribution >= 0.6 is 0 Å². The summed E-state index contributed by atoms with van der Waals surface area (Å²) in [5.74, 6) is -1.23. The van der Waals surface area contributed by atoms with Gasteiger partial charge in [0, 0.05) is 20.1 Å². The molecule has 1 N–H and O–H groups in total. The van der Waals surface area contributed by atoms with Crippen molar-refractivity contribution in [3.05, 3.63) is 65.5 Å². The van der Waals surface area contributed by atoms with Crippen molar-refractivity contribution in [2.75, 3.05) is 20.1 Å². The third kappa shape index (κ3) is 7.10. The first-order valence-electron chi connectivity index (χ1n) is 10.9. The molecule has 9 heteroatoms. The van der Waals surface area contributed by atoms with Crippen LogP contribution in [0.1, 0.15) is 37.8 Å². The van der Waals surface area contributed by atoms with Crippen LogP contribution in [-0.2, 0) is 26.2 Å². The van der Waals surface area contributed by atoms with Crippen LogP contribution in [0.4, 0.5) is 4.39 Å². The number of nitrogens with zero attached hydrogens (tertiary/aromatic N) is 2. The van der Waals surface area contributed by atoms with Gasteiger partial charge in [-0.3, -0.25) is 9.59 Å². The summed E-state index contributed by atoms with van der Waals surface area (Å²) in [7, 11) is -2.56. The minimum atomic E-state index is -3.89. The third-order valence-corrected chi connectivity index (χ3v) is 7.11. The molecule has 0 unspecified atom stereocenters. The quantitative estimate of drug-likeness (QED) is 0.539. The minimum absolute atomic E-state index is 0.0512. The fourth-order valence-electron chi connectivity index (χ4n) is 3.33. The second-order valence-electron chi connectivity index (χ2n) is 7.94. The summed E-state index contributed by atoms with van der Waals surface area (Å²) in [5, 5.41) is 2.80. The molecule has 0 radical (unpaired) electrons. The zero-order chi connectivity index (χ0) is 24.6. The maximum Gasteiger partial charge on any atom is 0.243 e. The minimum Gasteiger partial charge on any atom is -0.354 e. The molecule has 0 heterocycles. The molecule has 2 aromatic carbocycles. The molecular formula is C24H32FN3O4S. The zero-order valence-electron chi connectivity index (χ0n) is 19.5. The SMILES string of the molecule is CCCNC(=O)[C@@H](CC)N(Cc1ccc(F)cc1)C(=O)CN(C)S(=O)(=O)c1ccc(C)cc1. The topological polar surface area (TPSA) is 86.8 Å². The van der Waals surface area contributed by atoms with Crippen LogP contribution in [0.3, 0.4) is 0 Å². The van der Waals surface area contributed by atoms with Gasteiger partial charge in [-0.25, -0.2) is 12.8 Å². The van der Waals surface area contributed by atoms with Crippen LogP contribution in [0.15, 0.2) is 53.4 Å². The summed E-state index contributed by atoms with van der Waals surface area (Å²) in [4.78, 5) is 27.5. The lowest BCUT2D eigenvalue weighted by Crippen LogP contribution is -2.51. The van der Waals surface area contributed by atoms with Gasteiger partial charge in [0.2, 0.25) is 21.8 Å². The van der Waals surface area contributed by atoms with E-state index in [9.17, 15) is 22.4 Å². The predicted molar refractivity (Wildman–Crippen MR) is 125 cm³/mol. The molecule has 7 nitrogen and oxygen atoms in total. The van der Waals surface area contributed by atoms with Crippen molar-refractivity contribution in [3.63, 3.8) is 0 Å². The number of benzene rings is 2. The zero-order valence-corrected chi connectivity index (χ0v) is 20.4. The van der Waals surface area contributed by atoms with Gasteiger partial charge in [-0.2, -0.15) is 4.31 Å². The normalized spacial score (nSPS) is 12.4. The lowest BCUT2D eigenvalue weighted by Gasteiger charge is -2.32. The first kappa shape index (κ1) is 26.5. The largest absolute Gasteiger partial charge is 0.354 e. The molecule has 33 heavy (non-hydrogen) atoms. The fraction of sp³-hybridized carbons (Fsp3) is 0.417. The fourth-order valence-corrected chi connectivity index (χ4v) is 4.45. The van der Waals surface area contributed by atoms with E-state index < -0.39 is 34.3 Å². The Morgan fingerprint density at radius 1 is 1.03 bits per heavy atom. The van der Waals surface area contributed by atoms with Crippen molar-refractivity contribution in [3.8, 4) is 0 Å². The summed E-state index contributed by atoms with van der Waals surface area (Å²) in [6.07, 6.45) is 1.09. The average molecular weight is 478 g/mol. The molecule has 0 aliphatic rings. The molecule has 2 amide bonds. The van der Waals surface area contributed by atoms with Gasteiger partial charge in [-0.05, 0) is 49.6 Å². The predicted octanol–water partition coefficient (Wildman–Crippen LogP) is 3.09. The Bertz CT molecular complexity index is 1040. The van der Waals surface area contributed by atoms with Crippen LogP contribution in [0.2, 0.25) is 0 Å². The van der Waals surface area contributed by atoms with Crippen LogP contribution in [0.5, 0.6) is 0 Å². The number of rotatable bonds is 11. The molecule has 0 bridgehead atoms. The molecule has 2 aromatic rings. The standard InChI is InChI=1S/C24H32FN3O4S/c1-5-15-26-24(30)22(6-2)28(16-19-9-11-20(25)12-10-19)23(29)17-27(4)33(31,32)21-13-7-18(3)8-14-21/h7-14,22H,5-6,15-17H2,1-4H3,(H,26,30)/t22-/m1/s1. The average Bonchev–Trinajstić information content (AvgIpc) is 2.78. The van der Waals surface area contributed by atoms with Crippen LogP contribution in [0, 0.1) is 12.7 Å². The first-order valence-corrected chi connectivity index (χ1v) is 12.4. The van der Waals surface area contributed by atoms with Gasteiger partial charge in [-0.1, -0.05) is 43.7 Å². The molecule has 1 atom stereocenters. The van der Waals surface area contributed by atoms with Gasteiger partial charge in [-0.15, -0.1) is 0 Å². The van der Waals surface area contributed by atoms with Crippen molar-refractivity contribution < 1.29 is 22.4 Å². The molecule has 0 saturated carbocycles. The summed E-state index contributed by atoms with van der Waals surface area (Å²) in [6, 6.07) is 11.2. The summed E-state index contributed by atoms with van der Waals surface area (Å²) >= 11 is 0. The second-order valence-corrected chi connectivity index (χ2v) is 9.98. The van der Waals surface area contributed by atoms with E-state index in [0.717, 1.165) is 16.3 Å². The number of likely N-dealkylation sites (N-methyl/N-ethyl adjacent to an activating group) is 1. The summed E-state index contributed by atoms with van der Waals surface area (Å²) in [5.41, 5.74) is 1.55. The Morgan fingerprint density at radius 3 is 2.18 bits per heavy atom.